The van der Waals surface area contributed by atoms with Gasteiger partial charge in [0.2, 0.25) is 11.8 Å². The summed E-state index contributed by atoms with van der Waals surface area (Å²) in [5.74, 6) is 0.255. The van der Waals surface area contributed by atoms with Gasteiger partial charge in [-0.15, -0.1) is 10.2 Å². The first kappa shape index (κ1) is 16.7. The van der Waals surface area contributed by atoms with Crippen LogP contribution in [0.15, 0.2) is 64.5 Å². The van der Waals surface area contributed by atoms with Crippen LogP contribution in [0.2, 0.25) is 0 Å². The van der Waals surface area contributed by atoms with Crippen LogP contribution >= 0.6 is 11.8 Å². The molecule has 0 saturated heterocycles. The van der Waals surface area contributed by atoms with Gasteiger partial charge in [-0.3, -0.25) is 14.7 Å². The Balaban J connectivity index is 1.65. The van der Waals surface area contributed by atoms with Crippen molar-refractivity contribution in [2.75, 3.05) is 17.2 Å². The van der Waals surface area contributed by atoms with Crippen LogP contribution in [-0.4, -0.2) is 33.4 Å². The van der Waals surface area contributed by atoms with Crippen LogP contribution in [0.25, 0.3) is 11.5 Å². The predicted octanol–water partition coefficient (Wildman–Crippen LogP) is 2.78. The number of nitrogens with zero attached hydrogens (tertiary/aromatic N) is 5. The quantitative estimate of drug-likeness (QED) is 0.497. The lowest BCUT2D eigenvalue weighted by Crippen LogP contribution is -2.32. The highest BCUT2D eigenvalue weighted by Crippen LogP contribution is 2.23. The standard InChI is InChI=1S/C17H13N5O2S/c18-8-11-22(14-4-2-1-3-5-14)15(23)12-25-17-21-20-16(24-17)13-6-9-19-10-7-13/h1-7,9-10H,11-12H2. The van der Waals surface area contributed by atoms with Gasteiger partial charge in [-0.1, -0.05) is 30.0 Å². The summed E-state index contributed by atoms with van der Waals surface area (Å²) in [5.41, 5.74) is 1.44. The molecule has 1 aromatic carbocycles. The molecule has 0 aliphatic heterocycles. The average Bonchev–Trinajstić information content (AvgIpc) is 3.15. The van der Waals surface area contributed by atoms with E-state index in [4.69, 9.17) is 9.68 Å². The summed E-state index contributed by atoms with van der Waals surface area (Å²) in [6, 6.07) is 14.6. The lowest BCUT2D eigenvalue weighted by molar-refractivity contribution is -0.116. The van der Waals surface area contributed by atoms with Gasteiger partial charge in [0, 0.05) is 23.6 Å². The summed E-state index contributed by atoms with van der Waals surface area (Å²) >= 11 is 1.14. The number of pyridine rings is 1. The highest BCUT2D eigenvalue weighted by Gasteiger charge is 2.17. The Morgan fingerprint density at radius 2 is 1.92 bits per heavy atom. The van der Waals surface area contributed by atoms with Gasteiger partial charge in [0.05, 0.1) is 11.8 Å². The van der Waals surface area contributed by atoms with E-state index in [0.29, 0.717) is 16.8 Å². The topological polar surface area (TPSA) is 95.9 Å². The van der Waals surface area contributed by atoms with Crippen molar-refractivity contribution in [2.24, 2.45) is 0 Å². The zero-order valence-electron chi connectivity index (χ0n) is 13.1. The van der Waals surface area contributed by atoms with E-state index >= 15 is 0 Å². The average molecular weight is 351 g/mol. The van der Waals surface area contributed by atoms with Gasteiger partial charge in [-0.05, 0) is 24.3 Å². The molecule has 0 fully saturated rings. The van der Waals surface area contributed by atoms with E-state index in [1.807, 2.05) is 24.3 Å². The Bertz CT molecular complexity index is 877. The maximum Gasteiger partial charge on any atom is 0.277 e. The smallest absolute Gasteiger partial charge is 0.277 e. The third-order valence-corrected chi connectivity index (χ3v) is 4.05. The maximum absolute atomic E-state index is 12.4. The van der Waals surface area contributed by atoms with Gasteiger partial charge in [0.15, 0.2) is 0 Å². The van der Waals surface area contributed by atoms with Gasteiger partial charge in [-0.25, -0.2) is 0 Å². The summed E-state index contributed by atoms with van der Waals surface area (Å²) in [6.45, 7) is -0.0183. The van der Waals surface area contributed by atoms with Crippen LogP contribution in [0.4, 0.5) is 5.69 Å². The maximum atomic E-state index is 12.4. The first-order valence-corrected chi connectivity index (χ1v) is 8.35. The van der Waals surface area contributed by atoms with Gasteiger partial charge in [-0.2, -0.15) is 5.26 Å². The molecule has 0 aliphatic rings. The number of carbonyl (C=O) groups excluding carboxylic acids is 1. The monoisotopic (exact) mass is 351 g/mol. The minimum absolute atomic E-state index is 0.0183. The van der Waals surface area contributed by atoms with Gasteiger partial charge in [0.1, 0.15) is 6.54 Å². The molecule has 0 aliphatic carbocycles. The fourth-order valence-corrected chi connectivity index (χ4v) is 2.72. The zero-order chi connectivity index (χ0) is 17.5. The van der Waals surface area contributed by atoms with Crippen molar-refractivity contribution < 1.29 is 9.21 Å². The Hall–Kier alpha value is -3.18. The van der Waals surface area contributed by atoms with E-state index in [9.17, 15) is 4.79 Å². The van der Waals surface area contributed by atoms with E-state index in [1.54, 1.807) is 36.7 Å². The summed E-state index contributed by atoms with van der Waals surface area (Å²) in [6.07, 6.45) is 3.27. The number of anilines is 1. The third kappa shape index (κ3) is 4.22. The Labute approximate surface area is 148 Å². The fraction of sp³-hybridized carbons (Fsp3) is 0.118. The van der Waals surface area contributed by atoms with Crippen molar-refractivity contribution in [3.63, 3.8) is 0 Å². The molecular weight excluding hydrogens is 338 g/mol. The number of aromatic nitrogens is 3. The SMILES string of the molecule is N#CCN(C(=O)CSc1nnc(-c2ccncc2)o1)c1ccccc1. The zero-order valence-corrected chi connectivity index (χ0v) is 13.9. The van der Waals surface area contributed by atoms with Crippen molar-refractivity contribution in [3.05, 3.63) is 54.9 Å². The summed E-state index contributed by atoms with van der Waals surface area (Å²) in [5, 5.41) is 17.2. The Morgan fingerprint density at radius 1 is 1.16 bits per heavy atom. The lowest BCUT2D eigenvalue weighted by Gasteiger charge is -2.18. The Kier molecular flexibility index (Phi) is 5.39. The van der Waals surface area contributed by atoms with Crippen LogP contribution in [0.1, 0.15) is 0 Å². The molecule has 0 spiro atoms. The minimum Gasteiger partial charge on any atom is -0.411 e. The number of thioether (sulfide) groups is 1. The summed E-state index contributed by atoms with van der Waals surface area (Å²) in [4.78, 5) is 17.8. The summed E-state index contributed by atoms with van der Waals surface area (Å²) < 4.78 is 5.54. The number of benzene rings is 1. The number of carbonyl (C=O) groups is 1. The molecular formula is C17H13N5O2S. The molecule has 8 heteroatoms. The molecule has 124 valence electrons. The fourth-order valence-electron chi connectivity index (χ4n) is 2.08. The molecule has 3 rings (SSSR count). The van der Waals surface area contributed by atoms with E-state index < -0.39 is 0 Å². The van der Waals surface area contributed by atoms with Crippen molar-refractivity contribution in [1.29, 1.82) is 5.26 Å². The van der Waals surface area contributed by atoms with E-state index in [2.05, 4.69) is 15.2 Å². The first-order valence-electron chi connectivity index (χ1n) is 7.37. The second-order valence-corrected chi connectivity index (χ2v) is 5.80. The molecule has 0 unspecified atom stereocenters. The number of rotatable bonds is 6. The van der Waals surface area contributed by atoms with Gasteiger partial charge < -0.3 is 4.42 Å². The number of amides is 1. The number of para-hydroxylation sites is 1. The number of hydrogen-bond acceptors (Lipinski definition) is 7. The number of nitriles is 1. The van der Waals surface area contributed by atoms with Crippen LogP contribution < -0.4 is 4.90 Å². The molecule has 0 atom stereocenters. The van der Waals surface area contributed by atoms with Crippen LogP contribution in [0.3, 0.4) is 0 Å². The minimum atomic E-state index is -0.207. The largest absolute Gasteiger partial charge is 0.411 e. The van der Waals surface area contributed by atoms with Crippen molar-refractivity contribution in [3.8, 4) is 17.5 Å². The van der Waals surface area contributed by atoms with Crippen LogP contribution in [0.5, 0.6) is 0 Å². The second-order valence-electron chi connectivity index (χ2n) is 4.87. The molecule has 0 radical (unpaired) electrons. The molecule has 0 N–H and O–H groups in total. The van der Waals surface area contributed by atoms with Crippen molar-refractivity contribution in [2.45, 2.75) is 5.22 Å². The first-order chi connectivity index (χ1) is 12.3. The van der Waals surface area contributed by atoms with E-state index in [0.717, 1.165) is 17.3 Å². The molecule has 0 bridgehead atoms. The Morgan fingerprint density at radius 3 is 2.64 bits per heavy atom. The molecule has 7 nitrogen and oxygen atoms in total. The van der Waals surface area contributed by atoms with Gasteiger partial charge in [0.25, 0.3) is 5.22 Å². The van der Waals surface area contributed by atoms with Gasteiger partial charge >= 0.3 is 0 Å². The molecule has 0 saturated carbocycles. The van der Waals surface area contributed by atoms with Crippen molar-refractivity contribution in [1.82, 2.24) is 15.2 Å². The second kappa shape index (κ2) is 8.08. The lowest BCUT2D eigenvalue weighted by atomic mass is 10.3. The van der Waals surface area contributed by atoms with E-state index in [-0.39, 0.29) is 18.2 Å². The third-order valence-electron chi connectivity index (χ3n) is 3.25. The highest BCUT2D eigenvalue weighted by atomic mass is 32.2. The molecule has 3 aromatic rings. The van der Waals surface area contributed by atoms with Crippen molar-refractivity contribution >= 4 is 23.4 Å². The van der Waals surface area contributed by atoms with Crippen LogP contribution in [0, 0.1) is 11.3 Å². The van der Waals surface area contributed by atoms with E-state index in [1.165, 1.54) is 4.90 Å². The predicted molar refractivity (Wildman–Crippen MR) is 92.7 cm³/mol. The number of hydrogen-bond donors (Lipinski definition) is 0. The molecule has 1 amide bonds. The normalized spacial score (nSPS) is 10.2. The highest BCUT2D eigenvalue weighted by molar-refractivity contribution is 7.99. The summed E-state index contributed by atoms with van der Waals surface area (Å²) in [7, 11) is 0. The molecule has 25 heavy (non-hydrogen) atoms. The molecule has 2 aromatic heterocycles. The van der Waals surface area contributed by atoms with Crippen LogP contribution in [-0.2, 0) is 4.79 Å². The molecule has 2 heterocycles.